The zero-order chi connectivity index (χ0) is 13.3. The van der Waals surface area contributed by atoms with Crippen LogP contribution in [0.2, 0.25) is 0 Å². The lowest BCUT2D eigenvalue weighted by Crippen LogP contribution is -2.04. The highest BCUT2D eigenvalue weighted by molar-refractivity contribution is 9.10. The van der Waals surface area contributed by atoms with Gasteiger partial charge in [-0.25, -0.2) is 8.78 Å². The third-order valence-corrected chi connectivity index (χ3v) is 3.07. The fourth-order valence-electron chi connectivity index (χ4n) is 1.51. The Bertz CT molecular complexity index is 573. The number of aromatic hydroxyl groups is 1. The number of halogens is 3. The van der Waals surface area contributed by atoms with Crippen molar-refractivity contribution in [1.29, 1.82) is 0 Å². The van der Waals surface area contributed by atoms with Crippen LogP contribution in [0.5, 0.6) is 5.75 Å². The molecule has 0 aromatic heterocycles. The van der Waals surface area contributed by atoms with Crippen molar-refractivity contribution < 1.29 is 18.7 Å². The van der Waals surface area contributed by atoms with Crippen LogP contribution in [0.15, 0.2) is 40.9 Å². The molecule has 1 N–H and O–H groups in total. The van der Waals surface area contributed by atoms with Crippen molar-refractivity contribution in [3.8, 4) is 5.75 Å². The van der Waals surface area contributed by atoms with Gasteiger partial charge < -0.3 is 5.11 Å². The molecule has 0 unspecified atom stereocenters. The summed E-state index contributed by atoms with van der Waals surface area (Å²) < 4.78 is 26.5. The Morgan fingerprint density at radius 1 is 1.00 bits per heavy atom. The fraction of sp³-hybridized carbons (Fsp3) is 0. The number of benzene rings is 2. The summed E-state index contributed by atoms with van der Waals surface area (Å²) in [4.78, 5) is 12.1. The molecule has 0 spiro atoms. The number of hydrogen-bond acceptors (Lipinski definition) is 2. The molecule has 2 rings (SSSR count). The minimum absolute atomic E-state index is 0.0240. The summed E-state index contributed by atoms with van der Waals surface area (Å²) in [5.74, 6) is -2.24. The van der Waals surface area contributed by atoms with Crippen LogP contribution in [-0.2, 0) is 0 Å². The van der Waals surface area contributed by atoms with Crippen LogP contribution in [-0.4, -0.2) is 10.9 Å². The van der Waals surface area contributed by atoms with E-state index in [1.54, 1.807) is 0 Å². The molecule has 0 bridgehead atoms. The Labute approximate surface area is 110 Å². The van der Waals surface area contributed by atoms with Gasteiger partial charge in [-0.05, 0) is 36.4 Å². The summed E-state index contributed by atoms with van der Waals surface area (Å²) in [6.45, 7) is 0. The molecule has 0 saturated carbocycles. The lowest BCUT2D eigenvalue weighted by molar-refractivity contribution is 0.103. The molecule has 0 heterocycles. The number of rotatable bonds is 2. The van der Waals surface area contributed by atoms with Crippen molar-refractivity contribution in [3.63, 3.8) is 0 Å². The highest BCUT2D eigenvalue weighted by Gasteiger charge is 2.17. The first-order valence-corrected chi connectivity index (χ1v) is 5.76. The highest BCUT2D eigenvalue weighted by Crippen LogP contribution is 2.26. The second-order valence-electron chi connectivity index (χ2n) is 3.61. The van der Waals surface area contributed by atoms with Crippen molar-refractivity contribution in [2.75, 3.05) is 0 Å². The van der Waals surface area contributed by atoms with Crippen LogP contribution in [0.4, 0.5) is 8.78 Å². The second kappa shape index (κ2) is 4.86. The monoisotopic (exact) mass is 312 g/mol. The van der Waals surface area contributed by atoms with Crippen LogP contribution in [0, 0.1) is 11.6 Å². The van der Waals surface area contributed by atoms with E-state index in [0.717, 1.165) is 24.3 Å². The van der Waals surface area contributed by atoms with Gasteiger partial charge in [0.25, 0.3) is 0 Å². The summed E-state index contributed by atoms with van der Waals surface area (Å²) in [6, 6.07) is 6.61. The average Bonchev–Trinajstić information content (AvgIpc) is 2.34. The van der Waals surface area contributed by atoms with Crippen LogP contribution in [0.25, 0.3) is 0 Å². The summed E-state index contributed by atoms with van der Waals surface area (Å²) in [5.41, 5.74) is -0.183. The molecule has 0 aliphatic rings. The zero-order valence-corrected chi connectivity index (χ0v) is 10.5. The van der Waals surface area contributed by atoms with Gasteiger partial charge in [0.05, 0.1) is 5.56 Å². The maximum absolute atomic E-state index is 13.1. The van der Waals surface area contributed by atoms with Crippen molar-refractivity contribution in [3.05, 3.63) is 63.6 Å². The van der Waals surface area contributed by atoms with Gasteiger partial charge >= 0.3 is 0 Å². The molecule has 2 aromatic carbocycles. The summed E-state index contributed by atoms with van der Waals surface area (Å²) in [6.07, 6.45) is 0. The van der Waals surface area contributed by atoms with Gasteiger partial charge in [-0.15, -0.1) is 0 Å². The minimum Gasteiger partial charge on any atom is -0.507 e. The Kier molecular flexibility index (Phi) is 3.43. The van der Waals surface area contributed by atoms with Crippen molar-refractivity contribution >= 4 is 21.7 Å². The van der Waals surface area contributed by atoms with E-state index in [1.807, 2.05) is 0 Å². The first-order valence-electron chi connectivity index (χ1n) is 4.97. The Hall–Kier alpha value is -1.75. The molecule has 0 radical (unpaired) electrons. The predicted octanol–water partition coefficient (Wildman–Crippen LogP) is 3.66. The van der Waals surface area contributed by atoms with E-state index >= 15 is 0 Å². The van der Waals surface area contributed by atoms with Gasteiger partial charge in [0.1, 0.15) is 17.4 Å². The third kappa shape index (κ3) is 2.41. The van der Waals surface area contributed by atoms with Gasteiger partial charge in [0.15, 0.2) is 5.78 Å². The molecule has 92 valence electrons. The number of phenolic OH excluding ortho intramolecular Hbond substituents is 1. The van der Waals surface area contributed by atoms with E-state index in [1.165, 1.54) is 12.1 Å². The molecule has 0 atom stereocenters. The molecular weight excluding hydrogens is 306 g/mol. The van der Waals surface area contributed by atoms with Crippen molar-refractivity contribution in [1.82, 2.24) is 0 Å². The summed E-state index contributed by atoms with van der Waals surface area (Å²) >= 11 is 3.11. The van der Waals surface area contributed by atoms with E-state index in [4.69, 9.17) is 0 Å². The van der Waals surface area contributed by atoms with Crippen LogP contribution in [0.3, 0.4) is 0 Å². The van der Waals surface area contributed by atoms with Gasteiger partial charge in [-0.2, -0.15) is 0 Å². The molecule has 0 aliphatic carbocycles. The van der Waals surface area contributed by atoms with E-state index in [9.17, 15) is 18.7 Å². The molecule has 2 aromatic rings. The Morgan fingerprint density at radius 3 is 2.22 bits per heavy atom. The third-order valence-electron chi connectivity index (χ3n) is 2.38. The maximum Gasteiger partial charge on any atom is 0.198 e. The lowest BCUT2D eigenvalue weighted by Gasteiger charge is -2.06. The fourth-order valence-corrected chi connectivity index (χ4v) is 1.93. The number of carbonyl (C=O) groups excluding carboxylic acids is 1. The topological polar surface area (TPSA) is 37.3 Å². The molecule has 0 amide bonds. The average molecular weight is 313 g/mol. The predicted molar refractivity (Wildman–Crippen MR) is 65.6 cm³/mol. The number of carbonyl (C=O) groups is 1. The summed E-state index contributed by atoms with van der Waals surface area (Å²) in [5, 5.41) is 9.53. The Balaban J connectivity index is 2.54. The smallest absolute Gasteiger partial charge is 0.198 e. The maximum atomic E-state index is 13.1. The second-order valence-corrected chi connectivity index (χ2v) is 4.47. The van der Waals surface area contributed by atoms with Gasteiger partial charge in [-0.3, -0.25) is 4.79 Å². The molecule has 0 aliphatic heterocycles. The zero-order valence-electron chi connectivity index (χ0n) is 8.95. The van der Waals surface area contributed by atoms with E-state index in [0.29, 0.717) is 4.47 Å². The van der Waals surface area contributed by atoms with Crippen LogP contribution >= 0.6 is 15.9 Å². The first-order chi connectivity index (χ1) is 8.49. The molecule has 0 saturated heterocycles. The minimum atomic E-state index is -0.654. The van der Waals surface area contributed by atoms with Crippen LogP contribution < -0.4 is 0 Å². The molecule has 18 heavy (non-hydrogen) atoms. The molecule has 0 fully saturated rings. The van der Waals surface area contributed by atoms with E-state index in [2.05, 4.69) is 15.9 Å². The highest BCUT2D eigenvalue weighted by atomic mass is 79.9. The van der Waals surface area contributed by atoms with Gasteiger partial charge in [0, 0.05) is 10.0 Å². The first kappa shape index (κ1) is 12.7. The standard InChI is InChI=1S/C13H7BrF2O2/c14-11-3-1-7(15)5-9(11)13(18)10-6-8(16)2-4-12(10)17/h1-6,17H. The van der Waals surface area contributed by atoms with Crippen molar-refractivity contribution in [2.24, 2.45) is 0 Å². The Morgan fingerprint density at radius 2 is 1.56 bits per heavy atom. The lowest BCUT2D eigenvalue weighted by atomic mass is 10.0. The van der Waals surface area contributed by atoms with Gasteiger partial charge in [0.2, 0.25) is 0 Å². The molecule has 2 nitrogen and oxygen atoms in total. The van der Waals surface area contributed by atoms with Gasteiger partial charge in [-0.1, -0.05) is 15.9 Å². The molecule has 5 heteroatoms. The van der Waals surface area contributed by atoms with Crippen molar-refractivity contribution in [2.45, 2.75) is 0 Å². The van der Waals surface area contributed by atoms with E-state index < -0.39 is 17.4 Å². The summed E-state index contributed by atoms with van der Waals surface area (Å²) in [7, 11) is 0. The van der Waals surface area contributed by atoms with Crippen LogP contribution in [0.1, 0.15) is 15.9 Å². The normalized spacial score (nSPS) is 10.4. The van der Waals surface area contributed by atoms with E-state index in [-0.39, 0.29) is 16.9 Å². The largest absolute Gasteiger partial charge is 0.507 e. The quantitative estimate of drug-likeness (QED) is 0.859. The number of phenols is 1. The molecular formula is C13H7BrF2O2. The number of hydrogen-bond donors (Lipinski definition) is 1. The number of ketones is 1. The SMILES string of the molecule is O=C(c1cc(F)ccc1O)c1cc(F)ccc1Br.